The molecule has 0 aliphatic rings. The first-order valence-corrected chi connectivity index (χ1v) is 8.20. The van der Waals surface area contributed by atoms with E-state index >= 15 is 0 Å². The molecule has 0 saturated carbocycles. The highest BCUT2D eigenvalue weighted by atomic mass is 32.1. The van der Waals surface area contributed by atoms with Gasteiger partial charge in [0.15, 0.2) is 0 Å². The second kappa shape index (κ2) is 8.95. The summed E-state index contributed by atoms with van der Waals surface area (Å²) < 4.78 is 5.59. The molecule has 1 N–H and O–H groups in total. The van der Waals surface area contributed by atoms with Crippen LogP contribution in [0.1, 0.15) is 17.4 Å². The SMILES string of the molecule is CCN(Cc1cccs1)CC(O)COCc1ccccc1. The zero-order valence-corrected chi connectivity index (χ0v) is 13.3. The third-order valence-electron chi connectivity index (χ3n) is 3.30. The van der Waals surface area contributed by atoms with E-state index in [1.807, 2.05) is 30.3 Å². The second-order valence-electron chi connectivity index (χ2n) is 5.06. The lowest BCUT2D eigenvalue weighted by Gasteiger charge is -2.23. The molecule has 0 bridgehead atoms. The van der Waals surface area contributed by atoms with Gasteiger partial charge in [-0.2, -0.15) is 0 Å². The highest BCUT2D eigenvalue weighted by molar-refractivity contribution is 7.09. The summed E-state index contributed by atoms with van der Waals surface area (Å²) in [5, 5.41) is 12.2. The van der Waals surface area contributed by atoms with Gasteiger partial charge in [-0.3, -0.25) is 4.90 Å². The molecule has 0 spiro atoms. The van der Waals surface area contributed by atoms with E-state index in [2.05, 4.69) is 29.3 Å². The number of thiophene rings is 1. The maximum atomic E-state index is 10.1. The predicted molar refractivity (Wildman–Crippen MR) is 87.4 cm³/mol. The minimum atomic E-state index is -0.450. The third-order valence-corrected chi connectivity index (χ3v) is 4.16. The number of ether oxygens (including phenoxy) is 1. The molecule has 0 saturated heterocycles. The normalized spacial score (nSPS) is 12.7. The molecule has 0 aliphatic heterocycles. The number of hydrogen-bond donors (Lipinski definition) is 1. The third kappa shape index (κ3) is 5.98. The maximum Gasteiger partial charge on any atom is 0.0900 e. The molecule has 1 aromatic carbocycles. The Morgan fingerprint density at radius 2 is 2.00 bits per heavy atom. The zero-order valence-electron chi connectivity index (χ0n) is 12.4. The number of aliphatic hydroxyl groups is 1. The summed E-state index contributed by atoms with van der Waals surface area (Å²) in [6.45, 7) is 5.50. The largest absolute Gasteiger partial charge is 0.389 e. The number of benzene rings is 1. The van der Waals surface area contributed by atoms with Gasteiger partial charge in [0, 0.05) is 18.0 Å². The Bertz CT molecular complexity index is 487. The van der Waals surface area contributed by atoms with Crippen molar-refractivity contribution in [1.82, 2.24) is 4.90 Å². The molecule has 1 atom stereocenters. The molecule has 1 aromatic heterocycles. The number of nitrogens with zero attached hydrogens (tertiary/aromatic N) is 1. The zero-order chi connectivity index (χ0) is 14.9. The van der Waals surface area contributed by atoms with E-state index in [0.29, 0.717) is 19.8 Å². The smallest absolute Gasteiger partial charge is 0.0900 e. The molecular weight excluding hydrogens is 282 g/mol. The van der Waals surface area contributed by atoms with E-state index < -0.39 is 6.10 Å². The first-order valence-electron chi connectivity index (χ1n) is 7.32. The maximum absolute atomic E-state index is 10.1. The van der Waals surface area contributed by atoms with Crippen molar-refractivity contribution in [1.29, 1.82) is 0 Å². The molecule has 21 heavy (non-hydrogen) atoms. The highest BCUT2D eigenvalue weighted by Crippen LogP contribution is 2.12. The van der Waals surface area contributed by atoms with Gasteiger partial charge in [0.1, 0.15) is 0 Å². The van der Waals surface area contributed by atoms with Crippen LogP contribution in [0.2, 0.25) is 0 Å². The topological polar surface area (TPSA) is 32.7 Å². The van der Waals surface area contributed by atoms with E-state index in [1.165, 1.54) is 4.88 Å². The van der Waals surface area contributed by atoms with Crippen molar-refractivity contribution in [2.75, 3.05) is 19.7 Å². The monoisotopic (exact) mass is 305 g/mol. The van der Waals surface area contributed by atoms with Gasteiger partial charge in [-0.15, -0.1) is 11.3 Å². The van der Waals surface area contributed by atoms with Crippen molar-refractivity contribution in [2.45, 2.75) is 26.2 Å². The molecule has 0 radical (unpaired) electrons. The van der Waals surface area contributed by atoms with Crippen LogP contribution in [-0.4, -0.2) is 35.8 Å². The van der Waals surface area contributed by atoms with Crippen LogP contribution >= 0.6 is 11.3 Å². The summed E-state index contributed by atoms with van der Waals surface area (Å²) in [5.74, 6) is 0. The Labute approximate surface area is 130 Å². The average molecular weight is 305 g/mol. The van der Waals surface area contributed by atoms with E-state index in [1.54, 1.807) is 11.3 Å². The van der Waals surface area contributed by atoms with Crippen molar-refractivity contribution < 1.29 is 9.84 Å². The molecule has 1 unspecified atom stereocenters. The van der Waals surface area contributed by atoms with Crippen molar-refractivity contribution >= 4 is 11.3 Å². The van der Waals surface area contributed by atoms with Crippen molar-refractivity contribution in [3.63, 3.8) is 0 Å². The average Bonchev–Trinajstić information content (AvgIpc) is 3.00. The molecule has 2 rings (SSSR count). The van der Waals surface area contributed by atoms with Crippen LogP contribution in [0, 0.1) is 0 Å². The Morgan fingerprint density at radius 1 is 1.19 bits per heavy atom. The molecule has 2 aromatic rings. The van der Waals surface area contributed by atoms with Gasteiger partial charge < -0.3 is 9.84 Å². The van der Waals surface area contributed by atoms with Crippen LogP contribution in [0.25, 0.3) is 0 Å². The first-order chi connectivity index (χ1) is 10.3. The molecule has 0 aliphatic carbocycles. The number of aliphatic hydroxyl groups excluding tert-OH is 1. The van der Waals surface area contributed by atoms with E-state index in [4.69, 9.17) is 4.74 Å². The van der Waals surface area contributed by atoms with Crippen LogP contribution in [0.5, 0.6) is 0 Å². The molecular formula is C17H23NO2S. The molecule has 4 heteroatoms. The minimum absolute atomic E-state index is 0.371. The van der Waals surface area contributed by atoms with Gasteiger partial charge in [-0.05, 0) is 23.6 Å². The van der Waals surface area contributed by atoms with Crippen LogP contribution in [0.4, 0.5) is 0 Å². The Morgan fingerprint density at radius 3 is 2.67 bits per heavy atom. The molecule has 3 nitrogen and oxygen atoms in total. The Kier molecular flexibility index (Phi) is 6.89. The quantitative estimate of drug-likeness (QED) is 0.772. The van der Waals surface area contributed by atoms with Crippen LogP contribution in [0.3, 0.4) is 0 Å². The van der Waals surface area contributed by atoms with Gasteiger partial charge >= 0.3 is 0 Å². The second-order valence-corrected chi connectivity index (χ2v) is 6.09. The number of hydrogen-bond acceptors (Lipinski definition) is 4. The lowest BCUT2D eigenvalue weighted by Crippen LogP contribution is -2.34. The lowest BCUT2D eigenvalue weighted by atomic mass is 10.2. The minimum Gasteiger partial charge on any atom is -0.389 e. The van der Waals surface area contributed by atoms with Gasteiger partial charge in [0.25, 0.3) is 0 Å². The fourth-order valence-corrected chi connectivity index (χ4v) is 2.91. The first kappa shape index (κ1) is 16.2. The molecule has 0 fully saturated rings. The highest BCUT2D eigenvalue weighted by Gasteiger charge is 2.11. The summed E-state index contributed by atoms with van der Waals surface area (Å²) >= 11 is 1.75. The number of likely N-dealkylation sites (N-methyl/N-ethyl adjacent to an activating group) is 1. The van der Waals surface area contributed by atoms with Crippen LogP contribution in [0.15, 0.2) is 47.8 Å². The van der Waals surface area contributed by atoms with Crippen LogP contribution in [-0.2, 0) is 17.9 Å². The standard InChI is InChI=1S/C17H23NO2S/c1-2-18(12-17-9-6-10-21-17)11-16(19)14-20-13-15-7-4-3-5-8-15/h3-10,16,19H,2,11-14H2,1H3. The summed E-state index contributed by atoms with van der Waals surface area (Å²) in [6.07, 6.45) is -0.450. The summed E-state index contributed by atoms with van der Waals surface area (Å²) in [4.78, 5) is 3.57. The van der Waals surface area contributed by atoms with Gasteiger partial charge in [-0.1, -0.05) is 43.3 Å². The summed E-state index contributed by atoms with van der Waals surface area (Å²) in [6, 6.07) is 14.2. The Hall–Kier alpha value is -1.20. The van der Waals surface area contributed by atoms with E-state index in [0.717, 1.165) is 18.7 Å². The summed E-state index contributed by atoms with van der Waals surface area (Å²) in [7, 11) is 0. The fraction of sp³-hybridized carbons (Fsp3) is 0.412. The van der Waals surface area contributed by atoms with Crippen molar-refractivity contribution in [2.24, 2.45) is 0 Å². The summed E-state index contributed by atoms with van der Waals surface area (Å²) in [5.41, 5.74) is 1.13. The Balaban J connectivity index is 1.68. The predicted octanol–water partition coefficient (Wildman–Crippen LogP) is 3.15. The van der Waals surface area contributed by atoms with Gasteiger partial charge in [0.2, 0.25) is 0 Å². The molecule has 114 valence electrons. The fourth-order valence-electron chi connectivity index (χ4n) is 2.17. The molecule has 1 heterocycles. The lowest BCUT2D eigenvalue weighted by molar-refractivity contribution is 0.00955. The van der Waals surface area contributed by atoms with Crippen molar-refractivity contribution in [3.05, 3.63) is 58.3 Å². The van der Waals surface area contributed by atoms with E-state index in [9.17, 15) is 5.11 Å². The molecule has 0 amide bonds. The van der Waals surface area contributed by atoms with Gasteiger partial charge in [0.05, 0.1) is 19.3 Å². The van der Waals surface area contributed by atoms with Crippen molar-refractivity contribution in [3.8, 4) is 0 Å². The van der Waals surface area contributed by atoms with E-state index in [-0.39, 0.29) is 0 Å². The van der Waals surface area contributed by atoms with Gasteiger partial charge in [-0.25, -0.2) is 0 Å². The van der Waals surface area contributed by atoms with Crippen LogP contribution < -0.4 is 0 Å². The number of rotatable bonds is 9.